The summed E-state index contributed by atoms with van der Waals surface area (Å²) < 4.78 is 66.3. The summed E-state index contributed by atoms with van der Waals surface area (Å²) >= 11 is 0. The Morgan fingerprint density at radius 1 is 1.37 bits per heavy atom. The highest BCUT2D eigenvalue weighted by Crippen LogP contribution is 2.34. The van der Waals surface area contributed by atoms with Crippen LogP contribution in [0, 0.1) is 5.92 Å². The second-order valence-electron chi connectivity index (χ2n) is 3.48. The van der Waals surface area contributed by atoms with E-state index in [2.05, 4.69) is 8.92 Å². The van der Waals surface area contributed by atoms with Gasteiger partial charge in [-0.05, 0) is 6.08 Å². The minimum Gasteiger partial charge on any atom is -0.468 e. The fourth-order valence-electron chi connectivity index (χ4n) is 1.29. The van der Waals surface area contributed by atoms with Gasteiger partial charge in [0.25, 0.3) is 0 Å². The Kier molecular flexibility index (Phi) is 4.08. The fourth-order valence-corrected chi connectivity index (χ4v) is 1.89. The van der Waals surface area contributed by atoms with Gasteiger partial charge in [0.15, 0.2) is 0 Å². The van der Waals surface area contributed by atoms with Gasteiger partial charge >= 0.3 is 21.6 Å². The fraction of sp³-hybridized carbons (Fsp3) is 0.444. The molecule has 0 aliphatic heterocycles. The summed E-state index contributed by atoms with van der Waals surface area (Å²) in [6, 6.07) is 0. The number of ether oxygens (including phenoxy) is 1. The number of rotatable bonds is 3. The Labute approximate surface area is 106 Å². The number of halogens is 3. The maximum absolute atomic E-state index is 12.2. The lowest BCUT2D eigenvalue weighted by Gasteiger charge is -2.30. The molecule has 0 aromatic rings. The van der Waals surface area contributed by atoms with E-state index in [1.165, 1.54) is 6.08 Å². The molecule has 2 atom stereocenters. The molecule has 0 amide bonds. The Morgan fingerprint density at radius 3 is 2.42 bits per heavy atom. The minimum atomic E-state index is -6.07. The van der Waals surface area contributed by atoms with Crippen molar-refractivity contribution < 1.29 is 40.4 Å². The lowest BCUT2D eigenvalue weighted by atomic mass is 9.94. The van der Waals surface area contributed by atoms with Crippen molar-refractivity contribution in [3.63, 3.8) is 0 Å². The number of carbonyl (C=O) groups is 1. The maximum atomic E-state index is 12.2. The van der Waals surface area contributed by atoms with E-state index in [0.717, 1.165) is 19.3 Å². The van der Waals surface area contributed by atoms with E-state index in [9.17, 15) is 31.5 Å². The van der Waals surface area contributed by atoms with Crippen molar-refractivity contribution in [3.05, 3.63) is 24.3 Å². The smallest absolute Gasteiger partial charge is 0.468 e. The molecule has 1 aliphatic rings. The molecule has 19 heavy (non-hydrogen) atoms. The normalized spacial score (nSPS) is 27.3. The number of aliphatic hydroxyl groups is 1. The van der Waals surface area contributed by atoms with Crippen LogP contribution in [0.4, 0.5) is 13.2 Å². The van der Waals surface area contributed by atoms with Gasteiger partial charge in [-0.2, -0.15) is 21.6 Å². The van der Waals surface area contributed by atoms with Crippen LogP contribution in [0.25, 0.3) is 0 Å². The average Bonchev–Trinajstić information content (AvgIpc) is 2.25. The first-order valence-corrected chi connectivity index (χ1v) is 6.12. The highest BCUT2D eigenvalue weighted by Gasteiger charge is 2.54. The summed E-state index contributed by atoms with van der Waals surface area (Å²) in [6.07, 6.45) is 3.82. The second kappa shape index (κ2) is 4.94. The quantitative estimate of drug-likeness (QED) is 0.352. The standard InChI is InChI=1S/C9H9F3O6S/c1-17-7(13)6-4-2-3-5-8(6,14)18-19(15,16)9(10,11)12/h2-6,14H,1H3. The van der Waals surface area contributed by atoms with Gasteiger partial charge in [-0.25, -0.2) is 4.18 Å². The topological polar surface area (TPSA) is 89.9 Å². The predicted molar refractivity (Wildman–Crippen MR) is 54.8 cm³/mol. The lowest BCUT2D eigenvalue weighted by molar-refractivity contribution is -0.173. The summed E-state index contributed by atoms with van der Waals surface area (Å²) in [4.78, 5) is 11.3. The monoisotopic (exact) mass is 302 g/mol. The molecule has 0 saturated heterocycles. The van der Waals surface area contributed by atoms with Crippen LogP contribution in [-0.4, -0.2) is 37.9 Å². The third kappa shape index (κ3) is 3.14. The molecule has 1 rings (SSSR count). The summed E-state index contributed by atoms with van der Waals surface area (Å²) in [5.41, 5.74) is -5.72. The third-order valence-electron chi connectivity index (χ3n) is 2.18. The van der Waals surface area contributed by atoms with E-state index in [1.54, 1.807) is 0 Å². The first-order chi connectivity index (χ1) is 8.53. The van der Waals surface area contributed by atoms with Crippen LogP contribution >= 0.6 is 0 Å². The average molecular weight is 302 g/mol. The molecule has 0 saturated carbocycles. The number of allylic oxidation sites excluding steroid dienone is 2. The molecule has 108 valence electrons. The van der Waals surface area contributed by atoms with Gasteiger partial charge in [-0.3, -0.25) is 4.79 Å². The highest BCUT2D eigenvalue weighted by atomic mass is 32.2. The Hall–Kier alpha value is -1.39. The molecule has 10 heteroatoms. The van der Waals surface area contributed by atoms with Gasteiger partial charge in [0.05, 0.1) is 7.11 Å². The zero-order chi connectivity index (χ0) is 14.9. The van der Waals surface area contributed by atoms with Crippen molar-refractivity contribution in [2.24, 2.45) is 5.92 Å². The minimum absolute atomic E-state index is 0.609. The summed E-state index contributed by atoms with van der Waals surface area (Å²) in [5.74, 6) is -5.88. The molecule has 0 radical (unpaired) electrons. The van der Waals surface area contributed by atoms with Crippen LogP contribution in [0.15, 0.2) is 24.3 Å². The molecule has 1 N–H and O–H groups in total. The van der Waals surface area contributed by atoms with Crippen LogP contribution in [0.3, 0.4) is 0 Å². The number of hydrogen-bond acceptors (Lipinski definition) is 6. The van der Waals surface area contributed by atoms with E-state index in [4.69, 9.17) is 0 Å². The van der Waals surface area contributed by atoms with Crippen LogP contribution in [0.5, 0.6) is 0 Å². The molecule has 0 fully saturated rings. The van der Waals surface area contributed by atoms with Gasteiger partial charge in [0.1, 0.15) is 5.92 Å². The van der Waals surface area contributed by atoms with Gasteiger partial charge in [-0.1, -0.05) is 18.2 Å². The molecule has 0 bridgehead atoms. The zero-order valence-electron chi connectivity index (χ0n) is 9.42. The Balaban J connectivity index is 3.12. The number of methoxy groups -OCH3 is 1. The van der Waals surface area contributed by atoms with Crippen molar-refractivity contribution in [1.82, 2.24) is 0 Å². The number of alkyl halides is 3. The molecule has 0 aromatic carbocycles. The van der Waals surface area contributed by atoms with Crippen molar-refractivity contribution in [3.8, 4) is 0 Å². The molecule has 2 unspecified atom stereocenters. The van der Waals surface area contributed by atoms with Crippen molar-refractivity contribution in [1.29, 1.82) is 0 Å². The molecule has 0 aromatic heterocycles. The summed E-state index contributed by atoms with van der Waals surface area (Å²) in [6.45, 7) is 0. The lowest BCUT2D eigenvalue weighted by Crippen LogP contribution is -2.47. The van der Waals surface area contributed by atoms with Crippen molar-refractivity contribution in [2.45, 2.75) is 11.3 Å². The number of carbonyl (C=O) groups excluding carboxylic acids is 1. The van der Waals surface area contributed by atoms with E-state index >= 15 is 0 Å². The largest absolute Gasteiger partial charge is 0.523 e. The van der Waals surface area contributed by atoms with Gasteiger partial charge in [0.2, 0.25) is 5.79 Å². The molecule has 1 aliphatic carbocycles. The van der Waals surface area contributed by atoms with Gasteiger partial charge in [-0.15, -0.1) is 0 Å². The van der Waals surface area contributed by atoms with Crippen molar-refractivity contribution >= 4 is 16.1 Å². The summed E-state index contributed by atoms with van der Waals surface area (Å²) in [5, 5.41) is 9.79. The van der Waals surface area contributed by atoms with Crippen LogP contribution in [-0.2, 0) is 23.8 Å². The van der Waals surface area contributed by atoms with Gasteiger partial charge < -0.3 is 9.84 Å². The number of hydrogen-bond donors (Lipinski definition) is 1. The Bertz CT molecular complexity index is 521. The van der Waals surface area contributed by atoms with E-state index in [-0.39, 0.29) is 0 Å². The molecular formula is C9H9F3O6S. The van der Waals surface area contributed by atoms with E-state index < -0.39 is 33.3 Å². The highest BCUT2D eigenvalue weighted by molar-refractivity contribution is 7.87. The number of esters is 1. The third-order valence-corrected chi connectivity index (χ3v) is 3.23. The molecule has 0 heterocycles. The van der Waals surface area contributed by atoms with Crippen LogP contribution < -0.4 is 0 Å². The Morgan fingerprint density at radius 2 is 1.95 bits per heavy atom. The maximum Gasteiger partial charge on any atom is 0.523 e. The predicted octanol–water partition coefficient (Wildman–Crippen LogP) is 0.456. The van der Waals surface area contributed by atoms with Crippen molar-refractivity contribution in [2.75, 3.05) is 7.11 Å². The zero-order valence-corrected chi connectivity index (χ0v) is 10.2. The molecule has 6 nitrogen and oxygen atoms in total. The molecule has 0 spiro atoms. The SMILES string of the molecule is COC(=O)C1C=CC=CC1(O)OS(=O)(=O)C(F)(F)F. The van der Waals surface area contributed by atoms with E-state index in [0.29, 0.717) is 6.08 Å². The van der Waals surface area contributed by atoms with Gasteiger partial charge in [0, 0.05) is 0 Å². The molecular weight excluding hydrogens is 293 g/mol. The summed E-state index contributed by atoms with van der Waals surface area (Å²) in [7, 11) is -5.15. The van der Waals surface area contributed by atoms with E-state index in [1.807, 2.05) is 0 Å². The second-order valence-corrected chi connectivity index (χ2v) is 5.02. The first kappa shape index (κ1) is 15.7. The van der Waals surface area contributed by atoms with Crippen LogP contribution in [0.1, 0.15) is 0 Å². The van der Waals surface area contributed by atoms with Crippen LogP contribution in [0.2, 0.25) is 0 Å². The first-order valence-electron chi connectivity index (χ1n) is 4.71.